The van der Waals surface area contributed by atoms with Gasteiger partial charge in [0.1, 0.15) is 5.75 Å². The van der Waals surface area contributed by atoms with Gasteiger partial charge in [0.2, 0.25) is 0 Å². The first kappa shape index (κ1) is 27.3. The Morgan fingerprint density at radius 2 is 1.50 bits per heavy atom. The Morgan fingerprint density at radius 3 is 2.15 bits per heavy atom. The smallest absolute Gasteiger partial charge is 0.412 e. The fourth-order valence-corrected chi connectivity index (χ4v) is 2.96. The number of anilines is 1. The topological polar surface area (TPSA) is 104 Å². The van der Waals surface area contributed by atoms with Crippen LogP contribution in [-0.2, 0) is 18.9 Å². The number of rotatable bonds is 15. The van der Waals surface area contributed by atoms with Gasteiger partial charge in [0.25, 0.3) is 0 Å². The molecule has 0 aromatic heterocycles. The zero-order valence-corrected chi connectivity index (χ0v) is 20.0. The van der Waals surface area contributed by atoms with Crippen LogP contribution in [0.2, 0.25) is 0 Å². The molecule has 0 spiro atoms. The van der Waals surface area contributed by atoms with Crippen molar-refractivity contribution in [1.82, 2.24) is 5.32 Å². The number of amides is 2. The van der Waals surface area contributed by atoms with Gasteiger partial charge in [-0.05, 0) is 57.9 Å². The lowest BCUT2D eigenvalue weighted by Crippen LogP contribution is -2.42. The molecule has 2 amide bonds. The Hall–Kier alpha value is -2.98. The minimum Gasteiger partial charge on any atom is -0.423 e. The molecule has 2 aromatic carbocycles. The van der Waals surface area contributed by atoms with Crippen molar-refractivity contribution < 1.29 is 33.3 Å². The maximum absolute atomic E-state index is 12.2. The molecular weight excluding hydrogens is 440 g/mol. The van der Waals surface area contributed by atoms with E-state index in [-0.39, 0.29) is 6.03 Å². The zero-order valence-electron chi connectivity index (χ0n) is 20.0. The third kappa shape index (κ3) is 9.48. The van der Waals surface area contributed by atoms with Crippen molar-refractivity contribution in [3.8, 4) is 5.75 Å². The predicted molar refractivity (Wildman–Crippen MR) is 128 cm³/mol. The second-order valence-corrected chi connectivity index (χ2v) is 7.02. The van der Waals surface area contributed by atoms with Crippen LogP contribution in [0.1, 0.15) is 44.0 Å². The maximum atomic E-state index is 12.2. The lowest BCUT2D eigenvalue weighted by atomic mass is 10.2. The summed E-state index contributed by atoms with van der Waals surface area (Å²) in [5.74, 6) is -0.128. The van der Waals surface area contributed by atoms with E-state index in [0.29, 0.717) is 62.8 Å². The number of hydrogen-bond donors (Lipinski definition) is 2. The summed E-state index contributed by atoms with van der Waals surface area (Å²) in [6.45, 7) is 7.45. The quantitative estimate of drug-likeness (QED) is 0.169. The highest BCUT2D eigenvalue weighted by atomic mass is 17.0. The number of nitrogens with one attached hydrogen (secondary N) is 2. The molecular formula is C25H34N2O7. The van der Waals surface area contributed by atoms with Crippen molar-refractivity contribution in [3.05, 3.63) is 60.2 Å². The summed E-state index contributed by atoms with van der Waals surface area (Å²) in [6, 6.07) is 15.0. The lowest BCUT2D eigenvalue weighted by molar-refractivity contribution is -0.496. The molecule has 0 heterocycles. The third-order valence-electron chi connectivity index (χ3n) is 4.41. The molecule has 2 N–H and O–H groups in total. The normalized spacial score (nSPS) is 11.1. The molecule has 0 radical (unpaired) electrons. The highest BCUT2D eigenvalue weighted by Crippen LogP contribution is 2.19. The van der Waals surface area contributed by atoms with Gasteiger partial charge in [-0.1, -0.05) is 24.3 Å². The highest BCUT2D eigenvalue weighted by Gasteiger charge is 2.34. The number of carbonyl (C=O) groups excluding carboxylic acids is 2. The van der Waals surface area contributed by atoms with Crippen LogP contribution in [0.5, 0.6) is 5.75 Å². The molecule has 0 fully saturated rings. The Kier molecular flexibility index (Phi) is 12.0. The molecule has 34 heavy (non-hydrogen) atoms. The van der Waals surface area contributed by atoms with E-state index < -0.39 is 12.1 Å². The Labute approximate surface area is 200 Å². The Balaban J connectivity index is 1.72. The van der Waals surface area contributed by atoms with E-state index in [9.17, 15) is 9.59 Å². The molecule has 0 saturated carbocycles. The summed E-state index contributed by atoms with van der Waals surface area (Å²) >= 11 is 0. The first-order chi connectivity index (χ1) is 16.5. The molecule has 0 atom stereocenters. The molecule has 0 unspecified atom stereocenters. The van der Waals surface area contributed by atoms with E-state index in [1.54, 1.807) is 48.5 Å². The number of ether oxygens (including phenoxy) is 5. The number of unbranched alkanes of at least 4 members (excludes halogenated alkanes) is 1. The van der Waals surface area contributed by atoms with Crippen LogP contribution in [0.15, 0.2) is 54.6 Å². The van der Waals surface area contributed by atoms with Crippen LogP contribution in [0.3, 0.4) is 0 Å². The van der Waals surface area contributed by atoms with E-state index in [0.717, 1.165) is 0 Å². The second-order valence-electron chi connectivity index (χ2n) is 7.02. The summed E-state index contributed by atoms with van der Waals surface area (Å²) in [4.78, 5) is 24.4. The van der Waals surface area contributed by atoms with Gasteiger partial charge < -0.3 is 34.3 Å². The molecule has 2 aromatic rings. The molecule has 186 valence electrons. The van der Waals surface area contributed by atoms with Crippen molar-refractivity contribution in [1.29, 1.82) is 0 Å². The molecule has 2 rings (SSSR count). The minimum absolute atomic E-state index is 0.338. The first-order valence-corrected chi connectivity index (χ1v) is 11.5. The molecule has 9 nitrogen and oxygen atoms in total. The van der Waals surface area contributed by atoms with Crippen molar-refractivity contribution in [2.45, 2.75) is 39.8 Å². The molecule has 9 heteroatoms. The van der Waals surface area contributed by atoms with Crippen molar-refractivity contribution in [2.24, 2.45) is 0 Å². The van der Waals surface area contributed by atoms with Crippen molar-refractivity contribution >= 4 is 17.7 Å². The number of benzene rings is 2. The van der Waals surface area contributed by atoms with Crippen LogP contribution in [0.4, 0.5) is 10.5 Å². The van der Waals surface area contributed by atoms with Gasteiger partial charge in [-0.2, -0.15) is 0 Å². The van der Waals surface area contributed by atoms with Gasteiger partial charge in [0, 0.05) is 18.3 Å². The van der Waals surface area contributed by atoms with E-state index in [4.69, 9.17) is 23.7 Å². The molecule has 0 bridgehead atoms. The summed E-state index contributed by atoms with van der Waals surface area (Å²) in [5, 5.41) is 5.51. The third-order valence-corrected chi connectivity index (χ3v) is 4.41. The number of carbonyl (C=O) groups is 2. The van der Waals surface area contributed by atoms with Gasteiger partial charge in [0.05, 0.1) is 32.0 Å². The number of hydrogen-bond acceptors (Lipinski definition) is 7. The average molecular weight is 475 g/mol. The largest absolute Gasteiger partial charge is 0.423 e. The maximum Gasteiger partial charge on any atom is 0.412 e. The lowest BCUT2D eigenvalue weighted by Gasteiger charge is -2.31. The monoisotopic (exact) mass is 474 g/mol. The van der Waals surface area contributed by atoms with Crippen molar-refractivity contribution in [2.75, 3.05) is 38.3 Å². The average Bonchev–Trinajstić information content (AvgIpc) is 2.82. The summed E-state index contributed by atoms with van der Waals surface area (Å²) in [6.07, 6.45) is -0.138. The summed E-state index contributed by atoms with van der Waals surface area (Å²) < 4.78 is 27.6. The summed E-state index contributed by atoms with van der Waals surface area (Å²) in [5.41, 5.74) is 0.956. The SMILES string of the molecule is CCOC(OCC)(OCC)OCCCCNC(=O)Nc1cccc(OC(=O)c2ccccc2)c1. The van der Waals surface area contributed by atoms with E-state index in [1.165, 1.54) is 0 Å². The van der Waals surface area contributed by atoms with Gasteiger partial charge in [-0.25, -0.2) is 9.59 Å². The van der Waals surface area contributed by atoms with Gasteiger partial charge in [0.15, 0.2) is 0 Å². The van der Waals surface area contributed by atoms with E-state index >= 15 is 0 Å². The van der Waals surface area contributed by atoms with E-state index in [1.807, 2.05) is 26.8 Å². The fourth-order valence-electron chi connectivity index (χ4n) is 2.96. The predicted octanol–water partition coefficient (Wildman–Crippen LogP) is 4.54. The Morgan fingerprint density at radius 1 is 0.824 bits per heavy atom. The highest BCUT2D eigenvalue weighted by molar-refractivity contribution is 5.92. The van der Waals surface area contributed by atoms with Crippen LogP contribution in [-0.4, -0.2) is 51.1 Å². The second kappa shape index (κ2) is 15.0. The number of urea groups is 1. The van der Waals surface area contributed by atoms with Gasteiger partial charge in [-0.3, -0.25) is 0 Å². The van der Waals surface area contributed by atoms with Gasteiger partial charge >= 0.3 is 18.2 Å². The van der Waals surface area contributed by atoms with Crippen LogP contribution in [0.25, 0.3) is 0 Å². The fraction of sp³-hybridized carbons (Fsp3) is 0.440. The number of esters is 1. The Bertz CT molecular complexity index is 860. The summed E-state index contributed by atoms with van der Waals surface area (Å²) in [7, 11) is 0. The van der Waals surface area contributed by atoms with Crippen molar-refractivity contribution in [3.63, 3.8) is 0 Å². The zero-order chi connectivity index (χ0) is 24.7. The molecule has 0 aliphatic carbocycles. The van der Waals surface area contributed by atoms with Gasteiger partial charge in [-0.15, -0.1) is 0 Å². The first-order valence-electron chi connectivity index (χ1n) is 11.5. The van der Waals surface area contributed by atoms with E-state index in [2.05, 4.69) is 10.6 Å². The van der Waals surface area contributed by atoms with Crippen LogP contribution in [0, 0.1) is 0 Å². The minimum atomic E-state index is -1.49. The molecule has 0 aliphatic heterocycles. The van der Waals surface area contributed by atoms with Crippen LogP contribution >= 0.6 is 0 Å². The molecule has 0 aliphatic rings. The van der Waals surface area contributed by atoms with Crippen LogP contribution < -0.4 is 15.4 Å². The molecule has 0 saturated heterocycles. The standard InChI is InChI=1S/C25H34N2O7/c1-4-30-25(31-5-2,32-6-3)33-18-11-10-17-26-24(29)27-21-15-12-16-22(19-21)34-23(28)20-13-8-7-9-14-20/h7-9,12-16,19H,4-6,10-11,17-18H2,1-3H3,(H2,26,27,29).